The van der Waals surface area contributed by atoms with Crippen LogP contribution in [0.1, 0.15) is 63.4 Å². The van der Waals surface area contributed by atoms with Crippen LogP contribution < -0.4 is 5.32 Å². The van der Waals surface area contributed by atoms with Crippen LogP contribution in [0.15, 0.2) is 0 Å². The van der Waals surface area contributed by atoms with Gasteiger partial charge in [-0.2, -0.15) is 5.10 Å². The fourth-order valence-electron chi connectivity index (χ4n) is 2.62. The Balaban J connectivity index is 2.72. The molecular formula is C16H31N3. The summed E-state index contributed by atoms with van der Waals surface area (Å²) in [5, 5.41) is 8.23. The minimum absolute atomic E-state index is 0.541. The van der Waals surface area contributed by atoms with E-state index >= 15 is 0 Å². The molecule has 1 atom stereocenters. The molecule has 1 heterocycles. The van der Waals surface area contributed by atoms with Gasteiger partial charge >= 0.3 is 0 Å². The molecular weight excluding hydrogens is 234 g/mol. The van der Waals surface area contributed by atoms with Crippen LogP contribution in [0.5, 0.6) is 0 Å². The van der Waals surface area contributed by atoms with Gasteiger partial charge in [0.05, 0.1) is 5.69 Å². The SMILES string of the molecule is CCCNCC(C)c1c(C)nn(CCC(C)C)c1C. The highest BCUT2D eigenvalue weighted by molar-refractivity contribution is 5.28. The standard InChI is InChI=1S/C16H31N3/c1-7-9-17-11-13(4)16-14(5)18-19(15(16)6)10-8-12(2)3/h12-13,17H,7-11H2,1-6H3. The molecule has 0 radical (unpaired) electrons. The van der Waals surface area contributed by atoms with E-state index in [4.69, 9.17) is 5.10 Å². The molecule has 0 saturated heterocycles. The number of aryl methyl sites for hydroxylation is 2. The Bertz CT molecular complexity index is 380. The summed E-state index contributed by atoms with van der Waals surface area (Å²) < 4.78 is 2.20. The lowest BCUT2D eigenvalue weighted by molar-refractivity contribution is 0.478. The molecule has 0 amide bonds. The lowest BCUT2D eigenvalue weighted by atomic mass is 9.99. The molecule has 1 rings (SSSR count). The fourth-order valence-corrected chi connectivity index (χ4v) is 2.62. The molecule has 1 unspecified atom stereocenters. The van der Waals surface area contributed by atoms with E-state index in [-0.39, 0.29) is 0 Å². The maximum atomic E-state index is 4.72. The van der Waals surface area contributed by atoms with E-state index in [1.807, 2.05) is 0 Å². The van der Waals surface area contributed by atoms with Gasteiger partial charge in [-0.1, -0.05) is 27.7 Å². The van der Waals surface area contributed by atoms with E-state index in [1.54, 1.807) is 0 Å². The second-order valence-corrected chi connectivity index (χ2v) is 6.10. The largest absolute Gasteiger partial charge is 0.316 e. The van der Waals surface area contributed by atoms with Gasteiger partial charge in [-0.15, -0.1) is 0 Å². The van der Waals surface area contributed by atoms with E-state index in [2.05, 4.69) is 51.5 Å². The third-order valence-electron chi connectivity index (χ3n) is 3.73. The summed E-state index contributed by atoms with van der Waals surface area (Å²) in [4.78, 5) is 0. The van der Waals surface area contributed by atoms with Crippen LogP contribution >= 0.6 is 0 Å². The fraction of sp³-hybridized carbons (Fsp3) is 0.812. The van der Waals surface area contributed by atoms with Crippen LogP contribution in [0.25, 0.3) is 0 Å². The summed E-state index contributed by atoms with van der Waals surface area (Å²) in [6.07, 6.45) is 2.39. The van der Waals surface area contributed by atoms with Crippen LogP contribution in [0.3, 0.4) is 0 Å². The van der Waals surface area contributed by atoms with Gasteiger partial charge in [0.1, 0.15) is 0 Å². The van der Waals surface area contributed by atoms with Crippen molar-refractivity contribution in [2.45, 2.75) is 66.8 Å². The molecule has 3 heteroatoms. The first-order chi connectivity index (χ1) is 8.97. The van der Waals surface area contributed by atoms with Gasteiger partial charge in [-0.3, -0.25) is 4.68 Å². The van der Waals surface area contributed by atoms with Crippen molar-refractivity contribution < 1.29 is 0 Å². The molecule has 0 saturated carbocycles. The molecule has 3 nitrogen and oxygen atoms in total. The predicted molar refractivity (Wildman–Crippen MR) is 82.7 cm³/mol. The Kier molecular flexibility index (Phi) is 6.56. The molecule has 0 aliphatic carbocycles. The molecule has 0 spiro atoms. The lowest BCUT2D eigenvalue weighted by Gasteiger charge is -2.14. The van der Waals surface area contributed by atoms with Crippen LogP contribution in [0.2, 0.25) is 0 Å². The van der Waals surface area contributed by atoms with Gasteiger partial charge in [0, 0.05) is 18.8 Å². The Morgan fingerprint density at radius 3 is 2.47 bits per heavy atom. The van der Waals surface area contributed by atoms with Gasteiger partial charge in [0.15, 0.2) is 0 Å². The van der Waals surface area contributed by atoms with Gasteiger partial charge in [0.2, 0.25) is 0 Å². The second-order valence-electron chi connectivity index (χ2n) is 6.10. The van der Waals surface area contributed by atoms with Crippen LogP contribution in [0.4, 0.5) is 0 Å². The monoisotopic (exact) mass is 265 g/mol. The highest BCUT2D eigenvalue weighted by Gasteiger charge is 2.17. The van der Waals surface area contributed by atoms with Crippen LogP contribution in [-0.4, -0.2) is 22.9 Å². The molecule has 0 bridgehead atoms. The molecule has 0 aliphatic rings. The zero-order chi connectivity index (χ0) is 14.4. The number of nitrogens with one attached hydrogen (secondary N) is 1. The summed E-state index contributed by atoms with van der Waals surface area (Å²) in [5.74, 6) is 1.27. The molecule has 1 aromatic rings. The first kappa shape index (κ1) is 16.2. The Morgan fingerprint density at radius 1 is 1.21 bits per heavy atom. The summed E-state index contributed by atoms with van der Waals surface area (Å²) in [6, 6.07) is 0. The summed E-state index contributed by atoms with van der Waals surface area (Å²) >= 11 is 0. The smallest absolute Gasteiger partial charge is 0.0631 e. The van der Waals surface area contributed by atoms with E-state index in [0.717, 1.165) is 25.6 Å². The van der Waals surface area contributed by atoms with Gasteiger partial charge in [0.25, 0.3) is 0 Å². The van der Waals surface area contributed by atoms with Crippen molar-refractivity contribution in [1.82, 2.24) is 15.1 Å². The number of nitrogens with zero attached hydrogens (tertiary/aromatic N) is 2. The Hall–Kier alpha value is -0.830. The number of hydrogen-bond donors (Lipinski definition) is 1. The summed E-state index contributed by atoms with van der Waals surface area (Å²) in [5.41, 5.74) is 3.99. The van der Waals surface area contributed by atoms with Gasteiger partial charge in [-0.25, -0.2) is 0 Å². The first-order valence-corrected chi connectivity index (χ1v) is 7.71. The molecule has 0 fully saturated rings. The van der Waals surface area contributed by atoms with Crippen LogP contribution in [0, 0.1) is 19.8 Å². The number of rotatable bonds is 8. The van der Waals surface area contributed by atoms with Crippen molar-refractivity contribution in [2.24, 2.45) is 5.92 Å². The number of hydrogen-bond acceptors (Lipinski definition) is 2. The molecule has 1 aromatic heterocycles. The van der Waals surface area contributed by atoms with Crippen LogP contribution in [-0.2, 0) is 6.54 Å². The Labute approximate surface area is 118 Å². The van der Waals surface area contributed by atoms with Crippen molar-refractivity contribution in [3.63, 3.8) is 0 Å². The topological polar surface area (TPSA) is 29.9 Å². The first-order valence-electron chi connectivity index (χ1n) is 7.71. The zero-order valence-corrected chi connectivity index (χ0v) is 13.6. The average molecular weight is 265 g/mol. The highest BCUT2D eigenvalue weighted by atomic mass is 15.3. The maximum absolute atomic E-state index is 4.72. The summed E-state index contributed by atoms with van der Waals surface area (Å²) in [6.45, 7) is 16.6. The van der Waals surface area contributed by atoms with Crippen molar-refractivity contribution in [2.75, 3.05) is 13.1 Å². The average Bonchev–Trinajstić information content (AvgIpc) is 2.62. The second kappa shape index (κ2) is 7.68. The van der Waals surface area contributed by atoms with Crippen molar-refractivity contribution in [1.29, 1.82) is 0 Å². The molecule has 19 heavy (non-hydrogen) atoms. The quantitative estimate of drug-likeness (QED) is 0.727. The predicted octanol–water partition coefficient (Wildman–Crippen LogP) is 3.65. The number of aromatic nitrogens is 2. The van der Waals surface area contributed by atoms with Gasteiger partial charge < -0.3 is 5.32 Å². The molecule has 110 valence electrons. The molecule has 1 N–H and O–H groups in total. The zero-order valence-electron chi connectivity index (χ0n) is 13.6. The highest BCUT2D eigenvalue weighted by Crippen LogP contribution is 2.23. The summed E-state index contributed by atoms with van der Waals surface area (Å²) in [7, 11) is 0. The van der Waals surface area contributed by atoms with Crippen molar-refractivity contribution in [3.8, 4) is 0 Å². The molecule has 0 aliphatic heterocycles. The van der Waals surface area contributed by atoms with E-state index in [1.165, 1.54) is 29.8 Å². The van der Waals surface area contributed by atoms with Crippen molar-refractivity contribution in [3.05, 3.63) is 17.0 Å². The third-order valence-corrected chi connectivity index (χ3v) is 3.73. The lowest BCUT2D eigenvalue weighted by Crippen LogP contribution is -2.21. The maximum Gasteiger partial charge on any atom is 0.0631 e. The van der Waals surface area contributed by atoms with Crippen molar-refractivity contribution >= 4 is 0 Å². The normalized spacial score (nSPS) is 13.2. The van der Waals surface area contributed by atoms with Gasteiger partial charge in [-0.05, 0) is 50.6 Å². The third kappa shape index (κ3) is 4.64. The molecule has 0 aromatic carbocycles. The van der Waals surface area contributed by atoms with E-state index < -0.39 is 0 Å². The Morgan fingerprint density at radius 2 is 1.89 bits per heavy atom. The minimum atomic E-state index is 0.541. The minimum Gasteiger partial charge on any atom is -0.316 e. The van der Waals surface area contributed by atoms with E-state index in [9.17, 15) is 0 Å². The van der Waals surface area contributed by atoms with E-state index in [0.29, 0.717) is 5.92 Å².